The molecule has 0 bridgehead atoms. The number of carbonyl (C=O) groups excluding carboxylic acids is 2. The average Bonchev–Trinajstić information content (AvgIpc) is 3.09. The minimum absolute atomic E-state index is 0.189. The summed E-state index contributed by atoms with van der Waals surface area (Å²) in [5.74, 6) is -0.451. The molecule has 25 heavy (non-hydrogen) atoms. The van der Waals surface area contributed by atoms with Crippen LogP contribution < -0.4 is 10.6 Å². The molecule has 2 amide bonds. The maximum absolute atomic E-state index is 12.4. The second kappa shape index (κ2) is 6.91. The van der Waals surface area contributed by atoms with E-state index in [-0.39, 0.29) is 11.8 Å². The summed E-state index contributed by atoms with van der Waals surface area (Å²) in [5, 5.41) is 16.6. The van der Waals surface area contributed by atoms with Crippen molar-refractivity contribution in [2.75, 3.05) is 10.6 Å². The Morgan fingerprint density at radius 1 is 1.04 bits per heavy atom. The van der Waals surface area contributed by atoms with E-state index in [2.05, 4.69) is 26.2 Å². The van der Waals surface area contributed by atoms with Crippen LogP contribution in [0.4, 0.5) is 11.4 Å². The lowest BCUT2D eigenvalue weighted by atomic mass is 10.1. The van der Waals surface area contributed by atoms with Gasteiger partial charge in [0, 0.05) is 23.9 Å². The summed E-state index contributed by atoms with van der Waals surface area (Å²) in [4.78, 5) is 23.5. The van der Waals surface area contributed by atoms with Crippen LogP contribution in [0.2, 0.25) is 0 Å². The molecule has 3 rings (SSSR count). The highest BCUT2D eigenvalue weighted by Gasteiger charge is 2.09. The van der Waals surface area contributed by atoms with Gasteiger partial charge in [-0.25, -0.2) is 4.68 Å². The van der Waals surface area contributed by atoms with Gasteiger partial charge in [0.1, 0.15) is 6.33 Å². The monoisotopic (exact) mass is 336 g/mol. The third-order valence-electron chi connectivity index (χ3n) is 3.50. The first-order valence-corrected chi connectivity index (χ1v) is 7.56. The smallest absolute Gasteiger partial charge is 0.255 e. The Morgan fingerprint density at radius 2 is 1.84 bits per heavy atom. The molecular formula is C17H16N6O2. The Labute approximate surface area is 143 Å². The van der Waals surface area contributed by atoms with Gasteiger partial charge in [-0.15, -0.1) is 5.10 Å². The number of amides is 2. The van der Waals surface area contributed by atoms with E-state index >= 15 is 0 Å². The molecule has 0 aliphatic rings. The van der Waals surface area contributed by atoms with E-state index in [0.717, 1.165) is 11.3 Å². The van der Waals surface area contributed by atoms with E-state index in [1.54, 1.807) is 35.0 Å². The lowest BCUT2D eigenvalue weighted by Gasteiger charge is -2.10. The van der Waals surface area contributed by atoms with Gasteiger partial charge in [-0.1, -0.05) is 6.07 Å². The highest BCUT2D eigenvalue weighted by Crippen LogP contribution is 2.19. The largest absolute Gasteiger partial charge is 0.326 e. The highest BCUT2D eigenvalue weighted by atomic mass is 16.2. The Bertz CT molecular complexity index is 921. The zero-order valence-corrected chi connectivity index (χ0v) is 13.7. The summed E-state index contributed by atoms with van der Waals surface area (Å²) in [7, 11) is 0. The SMILES string of the molecule is CC(=O)Nc1cccc(C(=O)Nc2ccc(-n3cnnn3)c(C)c2)c1. The van der Waals surface area contributed by atoms with Crippen molar-refractivity contribution in [2.24, 2.45) is 0 Å². The minimum atomic E-state index is -0.262. The molecule has 0 saturated heterocycles. The summed E-state index contributed by atoms with van der Waals surface area (Å²) >= 11 is 0. The van der Waals surface area contributed by atoms with Crippen molar-refractivity contribution >= 4 is 23.2 Å². The molecule has 0 saturated carbocycles. The summed E-state index contributed by atoms with van der Waals surface area (Å²) < 4.78 is 1.55. The maximum Gasteiger partial charge on any atom is 0.255 e. The van der Waals surface area contributed by atoms with Gasteiger partial charge in [0.05, 0.1) is 5.69 Å². The third kappa shape index (κ3) is 3.86. The van der Waals surface area contributed by atoms with E-state index in [4.69, 9.17) is 0 Å². The van der Waals surface area contributed by atoms with Crippen molar-refractivity contribution in [3.63, 3.8) is 0 Å². The predicted molar refractivity (Wildman–Crippen MR) is 92.6 cm³/mol. The highest BCUT2D eigenvalue weighted by molar-refractivity contribution is 6.05. The lowest BCUT2D eigenvalue weighted by Crippen LogP contribution is -2.13. The van der Waals surface area contributed by atoms with Gasteiger partial charge >= 0.3 is 0 Å². The first-order chi connectivity index (χ1) is 12.0. The quantitative estimate of drug-likeness (QED) is 0.760. The minimum Gasteiger partial charge on any atom is -0.326 e. The molecule has 2 aromatic carbocycles. The van der Waals surface area contributed by atoms with E-state index in [0.29, 0.717) is 16.9 Å². The van der Waals surface area contributed by atoms with E-state index in [9.17, 15) is 9.59 Å². The Kier molecular flexibility index (Phi) is 4.51. The number of tetrazole rings is 1. The fraction of sp³-hybridized carbons (Fsp3) is 0.118. The van der Waals surface area contributed by atoms with Gasteiger partial charge in [0.25, 0.3) is 5.91 Å². The standard InChI is InChI=1S/C17H16N6O2/c1-11-8-15(6-7-16(11)23-10-18-21-22-23)20-17(25)13-4-3-5-14(9-13)19-12(2)24/h3-10H,1-2H3,(H,19,24)(H,20,25). The second-order valence-corrected chi connectivity index (χ2v) is 5.47. The van der Waals surface area contributed by atoms with Crippen LogP contribution in [0.5, 0.6) is 0 Å². The van der Waals surface area contributed by atoms with E-state index in [1.807, 2.05) is 19.1 Å². The number of hydrogen-bond acceptors (Lipinski definition) is 5. The zero-order valence-electron chi connectivity index (χ0n) is 13.7. The number of benzene rings is 2. The van der Waals surface area contributed by atoms with Crippen LogP contribution in [-0.4, -0.2) is 32.0 Å². The number of aromatic nitrogens is 4. The number of rotatable bonds is 4. The van der Waals surface area contributed by atoms with Crippen molar-refractivity contribution in [3.8, 4) is 5.69 Å². The van der Waals surface area contributed by atoms with Gasteiger partial charge in [0.15, 0.2) is 0 Å². The first kappa shape index (κ1) is 16.3. The molecule has 8 heteroatoms. The molecule has 0 fully saturated rings. The predicted octanol–water partition coefficient (Wildman–Crippen LogP) is 2.18. The molecule has 126 valence electrons. The van der Waals surface area contributed by atoms with Crippen LogP contribution in [0, 0.1) is 6.92 Å². The van der Waals surface area contributed by atoms with Gasteiger partial charge in [-0.05, 0) is 59.3 Å². The molecule has 2 N–H and O–H groups in total. The Hall–Kier alpha value is -3.55. The topological polar surface area (TPSA) is 102 Å². The van der Waals surface area contributed by atoms with Crippen molar-refractivity contribution < 1.29 is 9.59 Å². The molecule has 0 radical (unpaired) electrons. The fourth-order valence-corrected chi connectivity index (χ4v) is 2.41. The van der Waals surface area contributed by atoms with Crippen molar-refractivity contribution in [3.05, 3.63) is 59.9 Å². The number of aryl methyl sites for hydroxylation is 1. The van der Waals surface area contributed by atoms with E-state index < -0.39 is 0 Å². The normalized spacial score (nSPS) is 10.3. The lowest BCUT2D eigenvalue weighted by molar-refractivity contribution is -0.114. The average molecular weight is 336 g/mol. The van der Waals surface area contributed by atoms with Crippen LogP contribution in [-0.2, 0) is 4.79 Å². The van der Waals surface area contributed by atoms with Crippen LogP contribution in [0.15, 0.2) is 48.8 Å². The molecule has 0 aliphatic carbocycles. The molecule has 3 aromatic rings. The molecule has 1 aromatic heterocycles. The number of nitrogens with zero attached hydrogens (tertiary/aromatic N) is 4. The zero-order chi connectivity index (χ0) is 17.8. The Morgan fingerprint density at radius 3 is 2.52 bits per heavy atom. The van der Waals surface area contributed by atoms with Gasteiger partial charge in [-0.3, -0.25) is 9.59 Å². The molecule has 0 spiro atoms. The van der Waals surface area contributed by atoms with Crippen LogP contribution in [0.3, 0.4) is 0 Å². The number of nitrogens with one attached hydrogen (secondary N) is 2. The van der Waals surface area contributed by atoms with Gasteiger partial charge < -0.3 is 10.6 Å². The van der Waals surface area contributed by atoms with Gasteiger partial charge in [-0.2, -0.15) is 0 Å². The summed E-state index contributed by atoms with van der Waals surface area (Å²) in [6.07, 6.45) is 1.51. The van der Waals surface area contributed by atoms with Crippen LogP contribution in [0.1, 0.15) is 22.8 Å². The molecule has 1 heterocycles. The van der Waals surface area contributed by atoms with Crippen LogP contribution in [0.25, 0.3) is 5.69 Å². The van der Waals surface area contributed by atoms with E-state index in [1.165, 1.54) is 13.3 Å². The molecule has 0 aliphatic heterocycles. The van der Waals surface area contributed by atoms with Gasteiger partial charge in [0.2, 0.25) is 5.91 Å². The second-order valence-electron chi connectivity index (χ2n) is 5.47. The Balaban J connectivity index is 1.77. The maximum atomic E-state index is 12.4. The number of hydrogen-bond donors (Lipinski definition) is 2. The van der Waals surface area contributed by atoms with Crippen molar-refractivity contribution in [1.82, 2.24) is 20.2 Å². The first-order valence-electron chi connectivity index (χ1n) is 7.56. The molecular weight excluding hydrogens is 320 g/mol. The summed E-state index contributed by atoms with van der Waals surface area (Å²) in [6.45, 7) is 3.33. The fourth-order valence-electron chi connectivity index (χ4n) is 2.41. The molecule has 0 unspecified atom stereocenters. The van der Waals surface area contributed by atoms with Crippen molar-refractivity contribution in [1.29, 1.82) is 0 Å². The summed E-state index contributed by atoms with van der Waals surface area (Å²) in [5.41, 5.74) is 3.43. The number of carbonyl (C=O) groups is 2. The third-order valence-corrected chi connectivity index (χ3v) is 3.50. The number of anilines is 2. The summed E-state index contributed by atoms with van der Waals surface area (Å²) in [6, 6.07) is 12.2. The molecule has 0 atom stereocenters. The molecule has 8 nitrogen and oxygen atoms in total. The van der Waals surface area contributed by atoms with Crippen molar-refractivity contribution in [2.45, 2.75) is 13.8 Å². The van der Waals surface area contributed by atoms with Crippen LogP contribution >= 0.6 is 0 Å².